The van der Waals surface area contributed by atoms with E-state index in [9.17, 15) is 0 Å². The summed E-state index contributed by atoms with van der Waals surface area (Å²) >= 11 is 1.77. The highest BCUT2D eigenvalue weighted by Gasteiger charge is 2.11. The van der Waals surface area contributed by atoms with Gasteiger partial charge in [0.2, 0.25) is 0 Å². The highest BCUT2D eigenvalue weighted by atomic mass is 35.5. The first-order valence-electron chi connectivity index (χ1n) is 6.85. The first-order chi connectivity index (χ1) is 9.42. The minimum absolute atomic E-state index is 0. The van der Waals surface area contributed by atoms with Gasteiger partial charge in [0.05, 0.1) is 12.2 Å². The lowest BCUT2D eigenvalue weighted by Crippen LogP contribution is -2.27. The van der Waals surface area contributed by atoms with Crippen LogP contribution in [0.3, 0.4) is 0 Å². The normalized spacial score (nSPS) is 16.4. The number of hydrogen-bond donors (Lipinski definition) is 1. The zero-order valence-corrected chi connectivity index (χ0v) is 13.1. The van der Waals surface area contributed by atoms with Crippen molar-refractivity contribution in [3.05, 3.63) is 40.7 Å². The molecule has 0 atom stereocenters. The van der Waals surface area contributed by atoms with Crippen LogP contribution in [0.2, 0.25) is 0 Å². The maximum atomic E-state index is 4.76. The fraction of sp³-hybridized carbons (Fsp3) is 0.400. The zero-order valence-electron chi connectivity index (χ0n) is 11.4. The summed E-state index contributed by atoms with van der Waals surface area (Å²) < 4.78 is 0. The van der Waals surface area contributed by atoms with Gasteiger partial charge in [0, 0.05) is 24.0 Å². The summed E-state index contributed by atoms with van der Waals surface area (Å²) in [5.74, 6) is 0. The molecule has 1 N–H and O–H groups in total. The predicted octanol–water partition coefficient (Wildman–Crippen LogP) is 3.03. The standard InChI is InChI=1S/C15H19N3S.ClH/c1-2-5-13(6-3-1)14-12-19-15(17-14)11-18-9-4-7-16-8-10-18;/h1-3,5-6,12,16H,4,7-11H2;1H. The molecule has 0 spiro atoms. The SMILES string of the molecule is Cl.c1ccc(-c2csc(CN3CCCNCC3)n2)cc1. The van der Waals surface area contributed by atoms with Gasteiger partial charge >= 0.3 is 0 Å². The summed E-state index contributed by atoms with van der Waals surface area (Å²) in [5.41, 5.74) is 2.32. The van der Waals surface area contributed by atoms with Gasteiger partial charge in [0.25, 0.3) is 0 Å². The van der Waals surface area contributed by atoms with Crippen LogP contribution in [0.25, 0.3) is 11.3 Å². The van der Waals surface area contributed by atoms with Crippen molar-refractivity contribution in [3.8, 4) is 11.3 Å². The molecule has 108 valence electrons. The Hall–Kier alpha value is -0.940. The Balaban J connectivity index is 0.00000147. The van der Waals surface area contributed by atoms with Crippen LogP contribution in [0, 0.1) is 0 Å². The van der Waals surface area contributed by atoms with E-state index >= 15 is 0 Å². The van der Waals surface area contributed by atoms with Crippen LogP contribution in [0.4, 0.5) is 0 Å². The van der Waals surface area contributed by atoms with Gasteiger partial charge in [-0.15, -0.1) is 23.7 Å². The minimum Gasteiger partial charge on any atom is -0.315 e. The highest BCUT2D eigenvalue weighted by molar-refractivity contribution is 7.09. The van der Waals surface area contributed by atoms with Crippen molar-refractivity contribution in [2.75, 3.05) is 26.2 Å². The van der Waals surface area contributed by atoms with Gasteiger partial charge in [-0.2, -0.15) is 0 Å². The number of thiazole rings is 1. The molecular weight excluding hydrogens is 290 g/mol. The number of benzene rings is 1. The summed E-state index contributed by atoms with van der Waals surface area (Å²) in [6.45, 7) is 5.52. The molecule has 0 saturated carbocycles. The van der Waals surface area contributed by atoms with Crippen LogP contribution in [0.15, 0.2) is 35.7 Å². The van der Waals surface area contributed by atoms with E-state index in [0.29, 0.717) is 0 Å². The molecule has 2 heterocycles. The smallest absolute Gasteiger partial charge is 0.107 e. The summed E-state index contributed by atoms with van der Waals surface area (Å²) in [7, 11) is 0. The quantitative estimate of drug-likeness (QED) is 0.944. The largest absolute Gasteiger partial charge is 0.315 e. The Labute approximate surface area is 130 Å². The molecule has 20 heavy (non-hydrogen) atoms. The predicted molar refractivity (Wildman–Crippen MR) is 87.6 cm³/mol. The van der Waals surface area contributed by atoms with Crippen molar-refractivity contribution in [2.45, 2.75) is 13.0 Å². The molecule has 1 aliphatic rings. The van der Waals surface area contributed by atoms with Crippen LogP contribution in [-0.2, 0) is 6.54 Å². The second kappa shape index (κ2) is 7.74. The average molecular weight is 310 g/mol. The van der Waals surface area contributed by atoms with Crippen LogP contribution in [0.5, 0.6) is 0 Å². The van der Waals surface area contributed by atoms with Gasteiger partial charge in [-0.1, -0.05) is 30.3 Å². The number of hydrogen-bond acceptors (Lipinski definition) is 4. The fourth-order valence-electron chi connectivity index (χ4n) is 2.38. The highest BCUT2D eigenvalue weighted by Crippen LogP contribution is 2.22. The number of nitrogens with zero attached hydrogens (tertiary/aromatic N) is 2. The summed E-state index contributed by atoms with van der Waals surface area (Å²) in [6, 6.07) is 10.4. The van der Waals surface area contributed by atoms with Gasteiger partial charge in [-0.05, 0) is 19.5 Å². The van der Waals surface area contributed by atoms with Crippen LogP contribution in [0.1, 0.15) is 11.4 Å². The van der Waals surface area contributed by atoms with Crippen molar-refractivity contribution in [2.24, 2.45) is 0 Å². The van der Waals surface area contributed by atoms with Gasteiger partial charge in [-0.3, -0.25) is 4.90 Å². The van der Waals surface area contributed by atoms with Crippen molar-refractivity contribution in [1.29, 1.82) is 0 Å². The van der Waals surface area contributed by atoms with Crippen molar-refractivity contribution < 1.29 is 0 Å². The molecule has 1 saturated heterocycles. The minimum atomic E-state index is 0. The first-order valence-corrected chi connectivity index (χ1v) is 7.73. The molecule has 3 nitrogen and oxygen atoms in total. The second-order valence-electron chi connectivity index (χ2n) is 4.87. The third-order valence-corrected chi connectivity index (χ3v) is 4.25. The fourth-order valence-corrected chi connectivity index (χ4v) is 3.22. The molecule has 0 bridgehead atoms. The molecule has 1 aromatic heterocycles. The number of nitrogens with one attached hydrogen (secondary N) is 1. The second-order valence-corrected chi connectivity index (χ2v) is 5.81. The molecule has 5 heteroatoms. The van der Waals surface area contributed by atoms with Crippen molar-refractivity contribution in [1.82, 2.24) is 15.2 Å². The first kappa shape index (κ1) is 15.4. The van der Waals surface area contributed by atoms with E-state index in [-0.39, 0.29) is 12.4 Å². The summed E-state index contributed by atoms with van der Waals surface area (Å²) in [6.07, 6.45) is 1.23. The molecule has 1 fully saturated rings. The van der Waals surface area contributed by atoms with E-state index in [2.05, 4.69) is 39.9 Å². The van der Waals surface area contributed by atoms with E-state index in [1.54, 1.807) is 11.3 Å². The third kappa shape index (κ3) is 4.03. The Morgan fingerprint density at radius 2 is 2.00 bits per heavy atom. The lowest BCUT2D eigenvalue weighted by molar-refractivity contribution is 0.284. The number of aromatic nitrogens is 1. The van der Waals surface area contributed by atoms with Gasteiger partial charge < -0.3 is 5.32 Å². The lowest BCUT2D eigenvalue weighted by atomic mass is 10.2. The zero-order chi connectivity index (χ0) is 12.9. The molecule has 3 rings (SSSR count). The lowest BCUT2D eigenvalue weighted by Gasteiger charge is -2.17. The Morgan fingerprint density at radius 1 is 1.15 bits per heavy atom. The molecule has 0 aliphatic carbocycles. The molecule has 1 aromatic carbocycles. The van der Waals surface area contributed by atoms with Crippen molar-refractivity contribution in [3.63, 3.8) is 0 Å². The molecule has 2 aromatic rings. The Bertz CT molecular complexity index is 507. The maximum Gasteiger partial charge on any atom is 0.107 e. The van der Waals surface area contributed by atoms with E-state index in [4.69, 9.17) is 4.98 Å². The molecule has 1 aliphatic heterocycles. The van der Waals surface area contributed by atoms with Crippen LogP contribution in [-0.4, -0.2) is 36.1 Å². The topological polar surface area (TPSA) is 28.2 Å². The number of rotatable bonds is 3. The molecular formula is C15H20ClN3S. The van der Waals surface area contributed by atoms with E-state index < -0.39 is 0 Å². The molecule has 0 amide bonds. The molecule has 0 unspecified atom stereocenters. The van der Waals surface area contributed by atoms with Crippen LogP contribution < -0.4 is 5.32 Å². The maximum absolute atomic E-state index is 4.76. The summed E-state index contributed by atoms with van der Waals surface area (Å²) in [4.78, 5) is 7.26. The van der Waals surface area contributed by atoms with Gasteiger partial charge in [0.15, 0.2) is 0 Å². The monoisotopic (exact) mass is 309 g/mol. The van der Waals surface area contributed by atoms with Gasteiger partial charge in [-0.25, -0.2) is 4.98 Å². The number of halogens is 1. The Kier molecular flexibility index (Phi) is 5.98. The summed E-state index contributed by atoms with van der Waals surface area (Å²) in [5, 5.41) is 6.83. The Morgan fingerprint density at radius 3 is 2.85 bits per heavy atom. The van der Waals surface area contributed by atoms with E-state index in [1.165, 1.54) is 23.5 Å². The molecule has 0 radical (unpaired) electrons. The van der Waals surface area contributed by atoms with E-state index in [0.717, 1.165) is 31.9 Å². The van der Waals surface area contributed by atoms with E-state index in [1.807, 2.05) is 6.07 Å². The average Bonchev–Trinajstić information content (AvgIpc) is 2.76. The van der Waals surface area contributed by atoms with Gasteiger partial charge in [0.1, 0.15) is 5.01 Å². The van der Waals surface area contributed by atoms with Crippen LogP contribution >= 0.6 is 23.7 Å². The van der Waals surface area contributed by atoms with Crippen molar-refractivity contribution >= 4 is 23.7 Å². The third-order valence-electron chi connectivity index (χ3n) is 3.41.